The van der Waals surface area contributed by atoms with Crippen molar-refractivity contribution >= 4 is 34.9 Å². The lowest BCUT2D eigenvalue weighted by Crippen LogP contribution is -2.39. The topological polar surface area (TPSA) is 4.41 Å². The first kappa shape index (κ1) is 29.7. The van der Waals surface area contributed by atoms with Gasteiger partial charge in [-0.05, 0) is 127 Å². The van der Waals surface area contributed by atoms with Crippen LogP contribution in [0.3, 0.4) is 0 Å². The SMILES string of the molecule is C=CC(=C/C)/C=C/C(=C\Cc1ccc2c(c1C=C)Cc1cccn3ccc-2c13)c1ccc2c3c1C=CCC3c1cccc3c1=C2CC(C)C=3. The second-order valence-electron chi connectivity index (χ2n) is 14.1. The van der Waals surface area contributed by atoms with Crippen molar-refractivity contribution in [3.8, 4) is 11.1 Å². The predicted octanol–water partition coefficient (Wildman–Crippen LogP) is 10.3. The molecule has 0 radical (unpaired) electrons. The van der Waals surface area contributed by atoms with E-state index < -0.39 is 0 Å². The summed E-state index contributed by atoms with van der Waals surface area (Å²) in [6.07, 6.45) is 28.6. The summed E-state index contributed by atoms with van der Waals surface area (Å²) in [6.45, 7) is 12.8. The Morgan fingerprint density at radius 2 is 1.84 bits per heavy atom. The van der Waals surface area contributed by atoms with Gasteiger partial charge in [-0.25, -0.2) is 0 Å². The van der Waals surface area contributed by atoms with Crippen molar-refractivity contribution in [3.05, 3.63) is 189 Å². The number of pyridine rings is 1. The lowest BCUT2D eigenvalue weighted by atomic mass is 9.69. The summed E-state index contributed by atoms with van der Waals surface area (Å²) >= 11 is 0. The Kier molecular flexibility index (Phi) is 7.06. The average molecular weight is 632 g/mol. The Morgan fingerprint density at radius 1 is 0.939 bits per heavy atom. The summed E-state index contributed by atoms with van der Waals surface area (Å²) in [5.41, 5.74) is 20.4. The molecule has 2 aromatic heterocycles. The minimum absolute atomic E-state index is 0.386. The molecule has 49 heavy (non-hydrogen) atoms. The van der Waals surface area contributed by atoms with Crippen LogP contribution < -0.4 is 10.4 Å². The number of benzene rings is 3. The van der Waals surface area contributed by atoms with Crippen LogP contribution in [0, 0.1) is 5.92 Å². The normalized spacial score (nSPS) is 18.6. The van der Waals surface area contributed by atoms with E-state index in [0.29, 0.717) is 11.8 Å². The highest BCUT2D eigenvalue weighted by Gasteiger charge is 2.32. The van der Waals surface area contributed by atoms with E-state index in [4.69, 9.17) is 0 Å². The van der Waals surface area contributed by atoms with E-state index in [1.165, 1.54) is 88.3 Å². The van der Waals surface area contributed by atoms with Crippen molar-refractivity contribution in [2.75, 3.05) is 0 Å². The maximum Gasteiger partial charge on any atom is 0.0563 e. The number of rotatable bonds is 7. The molecule has 4 aliphatic rings. The quantitative estimate of drug-likeness (QED) is 0.155. The monoisotopic (exact) mass is 631 g/mol. The maximum absolute atomic E-state index is 4.33. The standard InChI is InChI=1S/C48H41N/c1-5-31(6-2)16-17-33(19-18-32-20-21-38-43-24-26-49-25-10-12-35(48(43)49)29-44(38)36(32)7-3)37-22-23-42-45-28-30(4)27-34-11-8-13-40(46(34)45)41-15-9-14-39(37)47(41)42/h5-14,16-17,19-27,30,41H,1,3,15,18,28-29H2,2,4H3/b17-16+,31-6-,33-19+. The predicted molar refractivity (Wildman–Crippen MR) is 209 cm³/mol. The number of fused-ring (bicyclic) bond motifs is 4. The molecule has 9 rings (SSSR count). The lowest BCUT2D eigenvalue weighted by molar-refractivity contribution is 0.749. The fourth-order valence-electron chi connectivity index (χ4n) is 9.16. The minimum Gasteiger partial charge on any atom is -0.323 e. The van der Waals surface area contributed by atoms with Crippen molar-refractivity contribution in [1.82, 2.24) is 4.40 Å². The summed E-state index contributed by atoms with van der Waals surface area (Å²) in [5.74, 6) is 0.921. The van der Waals surface area contributed by atoms with Crippen LogP contribution in [0.25, 0.3) is 46.0 Å². The van der Waals surface area contributed by atoms with Crippen molar-refractivity contribution in [3.63, 3.8) is 0 Å². The molecule has 4 aliphatic carbocycles. The molecule has 0 bridgehead atoms. The van der Waals surface area contributed by atoms with E-state index in [9.17, 15) is 0 Å². The molecule has 0 spiro atoms. The number of hydrogen-bond donors (Lipinski definition) is 0. The molecule has 2 heterocycles. The third kappa shape index (κ3) is 4.60. The molecule has 3 aromatic carbocycles. The van der Waals surface area contributed by atoms with Crippen molar-refractivity contribution in [1.29, 1.82) is 0 Å². The Morgan fingerprint density at radius 3 is 2.69 bits per heavy atom. The summed E-state index contributed by atoms with van der Waals surface area (Å²) in [5, 5.41) is 2.91. The Balaban J connectivity index is 1.18. The molecule has 1 heteroatoms. The number of hydrogen-bond acceptors (Lipinski definition) is 0. The van der Waals surface area contributed by atoms with Crippen LogP contribution in [0.2, 0.25) is 0 Å². The van der Waals surface area contributed by atoms with Crippen molar-refractivity contribution in [2.24, 2.45) is 5.92 Å². The molecule has 0 aliphatic heterocycles. The van der Waals surface area contributed by atoms with Crippen molar-refractivity contribution < 1.29 is 0 Å². The molecule has 2 unspecified atom stereocenters. The van der Waals surface area contributed by atoms with E-state index in [-0.39, 0.29) is 0 Å². The van der Waals surface area contributed by atoms with Crippen LogP contribution in [0.15, 0.2) is 128 Å². The zero-order chi connectivity index (χ0) is 33.2. The summed E-state index contributed by atoms with van der Waals surface area (Å²) in [6, 6.07) is 23.1. The second-order valence-corrected chi connectivity index (χ2v) is 14.1. The third-order valence-electron chi connectivity index (χ3n) is 11.4. The number of allylic oxidation sites excluding steroid dienone is 8. The van der Waals surface area contributed by atoms with Crippen LogP contribution in [0.1, 0.15) is 82.7 Å². The van der Waals surface area contributed by atoms with Gasteiger partial charge < -0.3 is 4.40 Å². The largest absolute Gasteiger partial charge is 0.323 e. The van der Waals surface area contributed by atoms with Gasteiger partial charge in [0.15, 0.2) is 0 Å². The van der Waals surface area contributed by atoms with Gasteiger partial charge in [-0.2, -0.15) is 0 Å². The Bertz CT molecular complexity index is 2500. The van der Waals surface area contributed by atoms with Gasteiger partial charge in [0.2, 0.25) is 0 Å². The lowest BCUT2D eigenvalue weighted by Gasteiger charge is -2.34. The first-order valence-electron chi connectivity index (χ1n) is 17.8. The first-order chi connectivity index (χ1) is 24.1. The molecule has 0 fully saturated rings. The highest BCUT2D eigenvalue weighted by atomic mass is 14.9. The summed E-state index contributed by atoms with van der Waals surface area (Å²) in [7, 11) is 0. The van der Waals surface area contributed by atoms with Gasteiger partial charge in [0.05, 0.1) is 5.52 Å². The van der Waals surface area contributed by atoms with Gasteiger partial charge in [-0.1, -0.05) is 123 Å². The molecule has 0 amide bonds. The van der Waals surface area contributed by atoms with Gasteiger partial charge in [0.25, 0.3) is 0 Å². The number of nitrogens with zero attached hydrogens (tertiary/aromatic N) is 1. The molecule has 5 aromatic rings. The number of aromatic nitrogens is 1. The van der Waals surface area contributed by atoms with E-state index in [0.717, 1.165) is 31.3 Å². The molecule has 238 valence electrons. The van der Waals surface area contributed by atoms with Crippen LogP contribution in [-0.4, -0.2) is 4.40 Å². The van der Waals surface area contributed by atoms with Crippen LogP contribution in [0.4, 0.5) is 0 Å². The highest BCUT2D eigenvalue weighted by Crippen LogP contribution is 2.46. The molecule has 0 saturated heterocycles. The van der Waals surface area contributed by atoms with Crippen LogP contribution in [-0.2, 0) is 12.8 Å². The van der Waals surface area contributed by atoms with Gasteiger partial charge in [-0.3, -0.25) is 0 Å². The van der Waals surface area contributed by atoms with E-state index in [1.54, 1.807) is 0 Å². The Labute approximate surface area is 289 Å². The average Bonchev–Trinajstić information content (AvgIpc) is 3.57. The van der Waals surface area contributed by atoms with Gasteiger partial charge in [-0.15, -0.1) is 0 Å². The second kappa shape index (κ2) is 11.6. The Hall–Kier alpha value is -5.40. The van der Waals surface area contributed by atoms with Crippen LogP contribution >= 0.6 is 0 Å². The molecule has 0 N–H and O–H groups in total. The van der Waals surface area contributed by atoms with Gasteiger partial charge >= 0.3 is 0 Å². The fraction of sp³-hybridized carbons (Fsp3) is 0.167. The molecule has 2 atom stereocenters. The molecule has 1 nitrogen and oxygen atoms in total. The highest BCUT2D eigenvalue weighted by molar-refractivity contribution is 5.91. The fourth-order valence-corrected chi connectivity index (χ4v) is 9.16. The van der Waals surface area contributed by atoms with E-state index >= 15 is 0 Å². The molecule has 0 saturated carbocycles. The zero-order valence-corrected chi connectivity index (χ0v) is 28.5. The summed E-state index contributed by atoms with van der Waals surface area (Å²) in [4.78, 5) is 0. The zero-order valence-electron chi connectivity index (χ0n) is 28.5. The van der Waals surface area contributed by atoms with E-state index in [2.05, 4.69) is 153 Å². The maximum atomic E-state index is 4.33. The van der Waals surface area contributed by atoms with Crippen molar-refractivity contribution in [2.45, 2.75) is 45.4 Å². The van der Waals surface area contributed by atoms with E-state index in [1.807, 2.05) is 6.08 Å². The van der Waals surface area contributed by atoms with Crippen LogP contribution in [0.5, 0.6) is 0 Å². The smallest absolute Gasteiger partial charge is 0.0563 e. The van der Waals surface area contributed by atoms with Gasteiger partial charge in [0, 0.05) is 30.3 Å². The first-order valence-corrected chi connectivity index (χ1v) is 17.8. The minimum atomic E-state index is 0.386. The third-order valence-corrected chi connectivity index (χ3v) is 11.4. The van der Waals surface area contributed by atoms with Gasteiger partial charge in [0.1, 0.15) is 0 Å². The molecular formula is C48H41N. The summed E-state index contributed by atoms with van der Waals surface area (Å²) < 4.78 is 2.26. The molecular weight excluding hydrogens is 591 g/mol.